The lowest BCUT2D eigenvalue weighted by Gasteiger charge is -2.23. The molecule has 0 unspecified atom stereocenters. The van der Waals surface area contributed by atoms with Crippen molar-refractivity contribution >= 4 is 11.3 Å². The summed E-state index contributed by atoms with van der Waals surface area (Å²) in [6.45, 7) is 1.94. The predicted molar refractivity (Wildman–Crippen MR) is 64.1 cm³/mol. The first-order valence-electron chi connectivity index (χ1n) is 5.65. The van der Waals surface area contributed by atoms with Crippen LogP contribution in [0.5, 0.6) is 0 Å². The Kier molecular flexibility index (Phi) is 3.72. The SMILES string of the molecule is NC1(CNCCc2cscn2)CCCC1. The minimum absolute atomic E-state index is 0.0715. The first-order valence-corrected chi connectivity index (χ1v) is 6.59. The summed E-state index contributed by atoms with van der Waals surface area (Å²) in [4.78, 5) is 4.25. The van der Waals surface area contributed by atoms with E-state index in [1.807, 2.05) is 5.51 Å². The molecule has 84 valence electrons. The lowest BCUT2D eigenvalue weighted by molar-refractivity contribution is 0.406. The first kappa shape index (κ1) is 11.0. The molecule has 0 bridgehead atoms. The van der Waals surface area contributed by atoms with Crippen LogP contribution in [0.4, 0.5) is 0 Å². The van der Waals surface area contributed by atoms with Crippen LogP contribution in [0.15, 0.2) is 10.9 Å². The van der Waals surface area contributed by atoms with Crippen molar-refractivity contribution in [3.05, 3.63) is 16.6 Å². The van der Waals surface area contributed by atoms with E-state index in [0.717, 1.165) is 19.5 Å². The number of aromatic nitrogens is 1. The molecule has 0 radical (unpaired) electrons. The highest BCUT2D eigenvalue weighted by atomic mass is 32.1. The van der Waals surface area contributed by atoms with E-state index in [0.29, 0.717) is 0 Å². The first-order chi connectivity index (χ1) is 7.29. The van der Waals surface area contributed by atoms with Crippen molar-refractivity contribution < 1.29 is 0 Å². The molecular weight excluding hydrogens is 206 g/mol. The van der Waals surface area contributed by atoms with Crippen LogP contribution in [0.3, 0.4) is 0 Å². The lowest BCUT2D eigenvalue weighted by atomic mass is 9.99. The van der Waals surface area contributed by atoms with Crippen LogP contribution in [-0.2, 0) is 6.42 Å². The monoisotopic (exact) mass is 225 g/mol. The van der Waals surface area contributed by atoms with Gasteiger partial charge in [-0.3, -0.25) is 0 Å². The summed E-state index contributed by atoms with van der Waals surface area (Å²) < 4.78 is 0. The molecule has 15 heavy (non-hydrogen) atoms. The maximum Gasteiger partial charge on any atom is 0.0794 e. The molecule has 2 rings (SSSR count). The van der Waals surface area contributed by atoms with E-state index in [4.69, 9.17) is 5.73 Å². The zero-order chi connectivity index (χ0) is 10.6. The van der Waals surface area contributed by atoms with Gasteiger partial charge < -0.3 is 11.1 Å². The molecule has 0 aliphatic heterocycles. The van der Waals surface area contributed by atoms with Gasteiger partial charge in [-0.15, -0.1) is 11.3 Å². The Morgan fingerprint density at radius 3 is 2.93 bits per heavy atom. The molecule has 0 amide bonds. The molecule has 0 atom stereocenters. The third kappa shape index (κ3) is 3.26. The molecule has 1 fully saturated rings. The van der Waals surface area contributed by atoms with E-state index in [2.05, 4.69) is 15.7 Å². The second-order valence-corrected chi connectivity index (χ2v) is 5.19. The van der Waals surface area contributed by atoms with E-state index >= 15 is 0 Å². The van der Waals surface area contributed by atoms with E-state index in [1.165, 1.54) is 31.4 Å². The Morgan fingerprint density at radius 2 is 2.27 bits per heavy atom. The molecule has 1 aromatic heterocycles. The van der Waals surface area contributed by atoms with Crippen LogP contribution >= 0.6 is 11.3 Å². The van der Waals surface area contributed by atoms with Gasteiger partial charge in [0.05, 0.1) is 11.2 Å². The average Bonchev–Trinajstić information content (AvgIpc) is 2.84. The second-order valence-electron chi connectivity index (χ2n) is 4.48. The Hall–Kier alpha value is -0.450. The van der Waals surface area contributed by atoms with Gasteiger partial charge in [0.2, 0.25) is 0 Å². The van der Waals surface area contributed by atoms with Crippen LogP contribution in [-0.4, -0.2) is 23.6 Å². The van der Waals surface area contributed by atoms with Gasteiger partial charge in [-0.1, -0.05) is 12.8 Å². The molecule has 1 aromatic rings. The highest BCUT2D eigenvalue weighted by Crippen LogP contribution is 2.26. The van der Waals surface area contributed by atoms with Gasteiger partial charge in [0.15, 0.2) is 0 Å². The van der Waals surface area contributed by atoms with Gasteiger partial charge >= 0.3 is 0 Å². The topological polar surface area (TPSA) is 50.9 Å². The molecule has 3 nitrogen and oxygen atoms in total. The zero-order valence-electron chi connectivity index (χ0n) is 9.04. The molecule has 0 spiro atoms. The number of hydrogen-bond acceptors (Lipinski definition) is 4. The highest BCUT2D eigenvalue weighted by Gasteiger charge is 2.28. The van der Waals surface area contributed by atoms with Crippen LogP contribution in [0.25, 0.3) is 0 Å². The van der Waals surface area contributed by atoms with Crippen LogP contribution in [0.1, 0.15) is 31.4 Å². The van der Waals surface area contributed by atoms with E-state index in [1.54, 1.807) is 11.3 Å². The third-order valence-electron chi connectivity index (χ3n) is 3.12. The van der Waals surface area contributed by atoms with Crippen molar-refractivity contribution in [3.63, 3.8) is 0 Å². The molecule has 4 heteroatoms. The van der Waals surface area contributed by atoms with E-state index < -0.39 is 0 Å². The highest BCUT2D eigenvalue weighted by molar-refractivity contribution is 7.07. The average molecular weight is 225 g/mol. The number of nitrogens with one attached hydrogen (secondary N) is 1. The van der Waals surface area contributed by atoms with Gasteiger partial charge in [0.1, 0.15) is 0 Å². The Bertz CT molecular complexity index is 278. The van der Waals surface area contributed by atoms with Crippen LogP contribution in [0.2, 0.25) is 0 Å². The molecule has 0 aromatic carbocycles. The van der Waals surface area contributed by atoms with Crippen molar-refractivity contribution in [3.8, 4) is 0 Å². The van der Waals surface area contributed by atoms with Gasteiger partial charge in [-0.25, -0.2) is 4.98 Å². The Labute approximate surface area is 95.1 Å². The minimum atomic E-state index is 0.0715. The summed E-state index contributed by atoms with van der Waals surface area (Å²) in [6.07, 6.45) is 5.96. The summed E-state index contributed by atoms with van der Waals surface area (Å²) in [5.41, 5.74) is 9.38. The number of hydrogen-bond donors (Lipinski definition) is 2. The van der Waals surface area contributed by atoms with Crippen LogP contribution < -0.4 is 11.1 Å². The molecule has 1 aliphatic rings. The van der Waals surface area contributed by atoms with Crippen molar-refractivity contribution in [2.45, 2.75) is 37.6 Å². The minimum Gasteiger partial charge on any atom is -0.324 e. The largest absolute Gasteiger partial charge is 0.324 e. The number of nitrogens with zero attached hydrogens (tertiary/aromatic N) is 1. The fraction of sp³-hybridized carbons (Fsp3) is 0.727. The lowest BCUT2D eigenvalue weighted by Crippen LogP contribution is -2.46. The number of thiazole rings is 1. The van der Waals surface area contributed by atoms with Gasteiger partial charge in [0, 0.05) is 30.4 Å². The second kappa shape index (κ2) is 5.05. The van der Waals surface area contributed by atoms with E-state index in [9.17, 15) is 0 Å². The third-order valence-corrected chi connectivity index (χ3v) is 3.75. The van der Waals surface area contributed by atoms with E-state index in [-0.39, 0.29) is 5.54 Å². The predicted octanol–water partition coefficient (Wildman–Crippen LogP) is 1.55. The summed E-state index contributed by atoms with van der Waals surface area (Å²) >= 11 is 1.66. The van der Waals surface area contributed by atoms with Crippen molar-refractivity contribution in [1.29, 1.82) is 0 Å². The molecule has 1 heterocycles. The van der Waals surface area contributed by atoms with Crippen LogP contribution in [0, 0.1) is 0 Å². The molecule has 0 saturated heterocycles. The quantitative estimate of drug-likeness (QED) is 0.748. The smallest absolute Gasteiger partial charge is 0.0794 e. The Balaban J connectivity index is 1.62. The van der Waals surface area contributed by atoms with Crippen molar-refractivity contribution in [2.24, 2.45) is 5.73 Å². The molecule has 1 saturated carbocycles. The van der Waals surface area contributed by atoms with Crippen molar-refractivity contribution in [1.82, 2.24) is 10.3 Å². The van der Waals surface area contributed by atoms with Gasteiger partial charge in [-0.05, 0) is 12.8 Å². The maximum atomic E-state index is 6.24. The number of rotatable bonds is 5. The fourth-order valence-electron chi connectivity index (χ4n) is 2.17. The van der Waals surface area contributed by atoms with Gasteiger partial charge in [0.25, 0.3) is 0 Å². The van der Waals surface area contributed by atoms with Crippen molar-refractivity contribution in [2.75, 3.05) is 13.1 Å². The normalized spacial score (nSPS) is 19.5. The number of nitrogens with two attached hydrogens (primary N) is 1. The zero-order valence-corrected chi connectivity index (χ0v) is 9.85. The summed E-state index contributed by atoms with van der Waals surface area (Å²) in [5.74, 6) is 0. The van der Waals surface area contributed by atoms with Gasteiger partial charge in [-0.2, -0.15) is 0 Å². The maximum absolute atomic E-state index is 6.24. The standard InChI is InChI=1S/C11H19N3S/c12-11(4-1-2-5-11)8-13-6-3-10-7-15-9-14-10/h7,9,13H,1-6,8,12H2. The summed E-state index contributed by atoms with van der Waals surface area (Å²) in [6, 6.07) is 0. The molecule has 1 aliphatic carbocycles. The molecule has 3 N–H and O–H groups in total. The summed E-state index contributed by atoms with van der Waals surface area (Å²) in [7, 11) is 0. The Morgan fingerprint density at radius 1 is 1.47 bits per heavy atom. The fourth-order valence-corrected chi connectivity index (χ4v) is 2.76. The summed E-state index contributed by atoms with van der Waals surface area (Å²) in [5, 5.41) is 5.55. The molecular formula is C11H19N3S.